The van der Waals surface area contributed by atoms with E-state index in [-0.39, 0.29) is 17.6 Å². The number of hydrogen-bond acceptors (Lipinski definition) is 4. The molecule has 4 aromatic rings. The molecule has 1 aliphatic rings. The van der Waals surface area contributed by atoms with Crippen LogP contribution in [0, 0.1) is 6.92 Å². The monoisotopic (exact) mass is 416 g/mol. The minimum absolute atomic E-state index is 0.0462. The van der Waals surface area contributed by atoms with Gasteiger partial charge in [0, 0.05) is 25.9 Å². The molecule has 7 heteroatoms. The van der Waals surface area contributed by atoms with Crippen LogP contribution in [0.5, 0.6) is 0 Å². The molecule has 7 nitrogen and oxygen atoms in total. The van der Waals surface area contributed by atoms with Crippen molar-refractivity contribution in [2.45, 2.75) is 32.4 Å². The SMILES string of the molecule is Cc1cccn2c(=O)c3cc(C(=O)NC[C@H]4CCCO4)n(Cc4ccccc4)c3nc12. The molecule has 1 amide bonds. The number of benzene rings is 1. The third-order valence-corrected chi connectivity index (χ3v) is 5.82. The average molecular weight is 416 g/mol. The number of fused-ring (bicyclic) bond motifs is 2. The Kier molecular flexibility index (Phi) is 5.03. The Hall–Kier alpha value is -3.45. The molecule has 1 aliphatic heterocycles. The highest BCUT2D eigenvalue weighted by Crippen LogP contribution is 2.20. The zero-order valence-electron chi connectivity index (χ0n) is 17.4. The minimum Gasteiger partial charge on any atom is -0.376 e. The summed E-state index contributed by atoms with van der Waals surface area (Å²) >= 11 is 0. The van der Waals surface area contributed by atoms with Crippen molar-refractivity contribution in [2.75, 3.05) is 13.2 Å². The molecule has 0 bridgehead atoms. The summed E-state index contributed by atoms with van der Waals surface area (Å²) in [5.41, 5.74) is 3.29. The summed E-state index contributed by atoms with van der Waals surface area (Å²) < 4.78 is 9.00. The number of nitrogens with one attached hydrogen (secondary N) is 1. The van der Waals surface area contributed by atoms with Crippen LogP contribution in [0.15, 0.2) is 59.5 Å². The molecule has 1 N–H and O–H groups in total. The third-order valence-electron chi connectivity index (χ3n) is 5.82. The number of rotatable bonds is 5. The Morgan fingerprint density at radius 1 is 1.19 bits per heavy atom. The predicted octanol–water partition coefficient (Wildman–Crippen LogP) is 2.91. The zero-order valence-corrected chi connectivity index (χ0v) is 17.4. The van der Waals surface area contributed by atoms with E-state index in [1.54, 1.807) is 16.7 Å². The summed E-state index contributed by atoms with van der Waals surface area (Å²) in [4.78, 5) is 31.1. The first-order valence-electron chi connectivity index (χ1n) is 10.6. The lowest BCUT2D eigenvalue weighted by Gasteiger charge is -2.13. The molecule has 5 rings (SSSR count). The van der Waals surface area contributed by atoms with Crippen LogP contribution in [0.4, 0.5) is 0 Å². The van der Waals surface area contributed by atoms with E-state index in [4.69, 9.17) is 9.72 Å². The fourth-order valence-corrected chi connectivity index (χ4v) is 4.18. The van der Waals surface area contributed by atoms with Gasteiger partial charge in [-0.1, -0.05) is 36.4 Å². The Morgan fingerprint density at radius 2 is 2.03 bits per heavy atom. The molecule has 0 radical (unpaired) electrons. The minimum atomic E-state index is -0.227. The second kappa shape index (κ2) is 8.00. The van der Waals surface area contributed by atoms with Crippen LogP contribution < -0.4 is 10.9 Å². The van der Waals surface area contributed by atoms with Gasteiger partial charge in [-0.2, -0.15) is 0 Å². The maximum absolute atomic E-state index is 13.2. The Morgan fingerprint density at radius 3 is 2.81 bits per heavy atom. The number of nitrogens with zero attached hydrogens (tertiary/aromatic N) is 3. The molecular formula is C24H24N4O3. The molecule has 1 aromatic carbocycles. The van der Waals surface area contributed by atoms with E-state index >= 15 is 0 Å². The van der Waals surface area contributed by atoms with E-state index in [0.29, 0.717) is 35.5 Å². The van der Waals surface area contributed by atoms with E-state index < -0.39 is 0 Å². The fourth-order valence-electron chi connectivity index (χ4n) is 4.18. The highest BCUT2D eigenvalue weighted by molar-refractivity contribution is 5.98. The lowest BCUT2D eigenvalue weighted by Crippen LogP contribution is -2.33. The second-order valence-corrected chi connectivity index (χ2v) is 7.99. The van der Waals surface area contributed by atoms with Crippen molar-refractivity contribution >= 4 is 22.6 Å². The number of pyridine rings is 1. The molecule has 3 aromatic heterocycles. The highest BCUT2D eigenvalue weighted by Gasteiger charge is 2.22. The van der Waals surface area contributed by atoms with E-state index in [2.05, 4.69) is 5.32 Å². The number of hydrogen-bond donors (Lipinski definition) is 1. The van der Waals surface area contributed by atoms with Crippen molar-refractivity contribution in [3.8, 4) is 0 Å². The summed E-state index contributed by atoms with van der Waals surface area (Å²) in [5, 5.41) is 3.41. The third kappa shape index (κ3) is 3.61. The number of carbonyl (C=O) groups excluding carboxylic acids is 1. The van der Waals surface area contributed by atoms with E-state index in [0.717, 1.165) is 30.6 Å². The summed E-state index contributed by atoms with van der Waals surface area (Å²) in [6, 6.07) is 15.3. The Balaban J connectivity index is 1.63. The van der Waals surface area contributed by atoms with Crippen LogP contribution in [0.2, 0.25) is 0 Å². The summed E-state index contributed by atoms with van der Waals surface area (Å²) in [7, 11) is 0. The van der Waals surface area contributed by atoms with Crippen molar-refractivity contribution in [1.82, 2.24) is 19.3 Å². The average Bonchev–Trinajstić information content (AvgIpc) is 3.43. The van der Waals surface area contributed by atoms with Crippen molar-refractivity contribution in [3.05, 3.63) is 81.9 Å². The molecule has 1 atom stereocenters. The standard InChI is InChI=1S/C24H24N4O3/c1-16-7-5-11-27-21(16)26-22-19(24(27)30)13-20(23(29)25-14-18-10-6-12-31-18)28(22)15-17-8-3-2-4-9-17/h2-5,7-9,11,13,18H,6,10,12,14-15H2,1H3,(H,25,29)/t18-/m1/s1. The summed E-state index contributed by atoms with van der Waals surface area (Å²) in [5.74, 6) is -0.227. The van der Waals surface area contributed by atoms with Crippen molar-refractivity contribution < 1.29 is 9.53 Å². The smallest absolute Gasteiger partial charge is 0.268 e. The fraction of sp³-hybridized carbons (Fsp3) is 0.292. The van der Waals surface area contributed by atoms with Gasteiger partial charge in [0.2, 0.25) is 0 Å². The first kappa shape index (κ1) is 19.5. The molecular weight excluding hydrogens is 392 g/mol. The number of carbonyl (C=O) groups is 1. The van der Waals surface area contributed by atoms with Gasteiger partial charge in [-0.3, -0.25) is 14.0 Å². The van der Waals surface area contributed by atoms with Gasteiger partial charge in [0.15, 0.2) is 0 Å². The number of aryl methyl sites for hydroxylation is 1. The summed E-state index contributed by atoms with van der Waals surface area (Å²) in [6.45, 7) is 3.56. The van der Waals surface area contributed by atoms with Crippen LogP contribution in [0.3, 0.4) is 0 Å². The molecule has 1 saturated heterocycles. The van der Waals surface area contributed by atoms with Crippen molar-refractivity contribution in [2.24, 2.45) is 0 Å². The van der Waals surface area contributed by atoms with Crippen LogP contribution in [-0.2, 0) is 11.3 Å². The summed E-state index contributed by atoms with van der Waals surface area (Å²) in [6.07, 6.45) is 3.72. The topological polar surface area (TPSA) is 77.6 Å². The van der Waals surface area contributed by atoms with Crippen molar-refractivity contribution in [1.29, 1.82) is 0 Å². The van der Waals surface area contributed by atoms with Crippen LogP contribution in [-0.4, -0.2) is 39.1 Å². The first-order valence-corrected chi connectivity index (χ1v) is 10.6. The van der Waals surface area contributed by atoms with Gasteiger partial charge in [-0.05, 0) is 43.0 Å². The molecule has 0 aliphatic carbocycles. The molecule has 1 fully saturated rings. The van der Waals surface area contributed by atoms with Crippen LogP contribution >= 0.6 is 0 Å². The first-order chi connectivity index (χ1) is 15.1. The molecule has 0 unspecified atom stereocenters. The van der Waals surface area contributed by atoms with E-state index in [1.165, 1.54) is 0 Å². The van der Waals surface area contributed by atoms with Gasteiger partial charge in [0.05, 0.1) is 11.5 Å². The van der Waals surface area contributed by atoms with Gasteiger partial charge in [-0.25, -0.2) is 4.98 Å². The molecule has 0 spiro atoms. The number of amides is 1. The molecule has 158 valence electrons. The van der Waals surface area contributed by atoms with Gasteiger partial charge in [0.25, 0.3) is 11.5 Å². The lowest BCUT2D eigenvalue weighted by molar-refractivity contribution is 0.0851. The maximum atomic E-state index is 13.2. The van der Waals surface area contributed by atoms with Gasteiger partial charge in [-0.15, -0.1) is 0 Å². The van der Waals surface area contributed by atoms with Gasteiger partial charge >= 0.3 is 0 Å². The number of ether oxygens (including phenoxy) is 1. The lowest BCUT2D eigenvalue weighted by atomic mass is 10.2. The Bertz CT molecular complexity index is 1320. The van der Waals surface area contributed by atoms with Crippen LogP contribution in [0.25, 0.3) is 16.7 Å². The van der Waals surface area contributed by atoms with Crippen LogP contribution in [0.1, 0.15) is 34.5 Å². The largest absolute Gasteiger partial charge is 0.376 e. The second-order valence-electron chi connectivity index (χ2n) is 7.99. The molecule has 4 heterocycles. The quantitative estimate of drug-likeness (QED) is 0.543. The predicted molar refractivity (Wildman–Crippen MR) is 119 cm³/mol. The molecule has 31 heavy (non-hydrogen) atoms. The van der Waals surface area contributed by atoms with E-state index in [1.807, 2.05) is 54.0 Å². The van der Waals surface area contributed by atoms with E-state index in [9.17, 15) is 9.59 Å². The zero-order chi connectivity index (χ0) is 21.4. The normalized spacial score (nSPS) is 16.2. The Labute approximate surface area is 179 Å². The highest BCUT2D eigenvalue weighted by atomic mass is 16.5. The van der Waals surface area contributed by atoms with Gasteiger partial charge < -0.3 is 14.6 Å². The maximum Gasteiger partial charge on any atom is 0.268 e. The molecule has 0 saturated carbocycles. The van der Waals surface area contributed by atoms with Crippen molar-refractivity contribution in [3.63, 3.8) is 0 Å². The van der Waals surface area contributed by atoms with Gasteiger partial charge in [0.1, 0.15) is 17.0 Å². The number of aromatic nitrogens is 3.